The van der Waals surface area contributed by atoms with Gasteiger partial charge < -0.3 is 5.11 Å². The van der Waals surface area contributed by atoms with Crippen LogP contribution >= 0.6 is 11.3 Å². The second-order valence-electron chi connectivity index (χ2n) is 8.31. The number of nitrogens with one attached hydrogen (secondary N) is 1. The Morgan fingerprint density at radius 2 is 1.69 bits per heavy atom. The Bertz CT molecular complexity index is 866. The second-order valence-corrected chi connectivity index (χ2v) is 9.27. The molecule has 0 unspecified atom stereocenters. The molecule has 6 heteroatoms. The van der Waals surface area contributed by atoms with E-state index in [1.807, 2.05) is 51.3 Å². The van der Waals surface area contributed by atoms with Crippen LogP contribution in [0.4, 0.5) is 5.69 Å². The lowest BCUT2D eigenvalue weighted by molar-refractivity contribution is -0.150. The minimum absolute atomic E-state index is 0.265. The first kappa shape index (κ1) is 21.5. The number of carbonyl (C=O) groups excluding carboxylic acids is 2. The maximum absolute atomic E-state index is 13.5. The molecule has 156 valence electrons. The molecule has 2 N–H and O–H groups in total. The second kappa shape index (κ2) is 8.67. The molecule has 5 nitrogen and oxygen atoms in total. The number of aliphatic hydroxyl groups is 1. The van der Waals surface area contributed by atoms with Gasteiger partial charge in [0.15, 0.2) is 0 Å². The molecule has 1 heterocycles. The fourth-order valence-electron chi connectivity index (χ4n) is 3.99. The van der Waals surface area contributed by atoms with Crippen LogP contribution < -0.4 is 10.4 Å². The number of anilines is 1. The third kappa shape index (κ3) is 4.09. The number of hydrogen-bond acceptors (Lipinski definition) is 4. The standard InChI is InChI=1S/C23H30N2O3S/c1-15(2)23(28,16(3)4)22(27)24-25(17-10-6-5-7-11-17)21(26)19-14-29-20-13-9-8-12-18(19)20/h5-7,10-11,14-16,28H,8-9,12-13H2,1-4H3,(H,24,27). The molecule has 29 heavy (non-hydrogen) atoms. The number of para-hydroxylation sites is 1. The van der Waals surface area contributed by atoms with Gasteiger partial charge in [0, 0.05) is 10.3 Å². The Kier molecular flexibility index (Phi) is 6.44. The van der Waals surface area contributed by atoms with E-state index in [4.69, 9.17) is 0 Å². The third-order valence-electron chi connectivity index (χ3n) is 5.85. The number of aryl methyl sites for hydroxylation is 1. The van der Waals surface area contributed by atoms with Crippen molar-refractivity contribution in [1.29, 1.82) is 0 Å². The summed E-state index contributed by atoms with van der Waals surface area (Å²) in [4.78, 5) is 27.9. The number of hydrazine groups is 1. The number of nitrogens with zero attached hydrogens (tertiary/aromatic N) is 1. The fraction of sp³-hybridized carbons (Fsp3) is 0.478. The highest BCUT2D eigenvalue weighted by Crippen LogP contribution is 2.32. The fourth-order valence-corrected chi connectivity index (χ4v) is 5.11. The summed E-state index contributed by atoms with van der Waals surface area (Å²) >= 11 is 1.62. The first-order valence-electron chi connectivity index (χ1n) is 10.3. The smallest absolute Gasteiger partial charge is 0.278 e. The molecule has 1 aromatic heterocycles. The summed E-state index contributed by atoms with van der Waals surface area (Å²) in [6.07, 6.45) is 4.11. The molecule has 2 aromatic rings. The van der Waals surface area contributed by atoms with Crippen LogP contribution in [-0.4, -0.2) is 22.5 Å². The molecule has 0 fully saturated rings. The van der Waals surface area contributed by atoms with Gasteiger partial charge in [-0.05, 0) is 55.2 Å². The van der Waals surface area contributed by atoms with E-state index in [0.29, 0.717) is 11.3 Å². The average molecular weight is 415 g/mol. The maximum Gasteiger partial charge on any atom is 0.278 e. The first-order valence-corrected chi connectivity index (χ1v) is 11.2. The van der Waals surface area contributed by atoms with Gasteiger partial charge in [0.05, 0.1) is 11.3 Å². The molecule has 0 spiro atoms. The lowest BCUT2D eigenvalue weighted by Crippen LogP contribution is -2.59. The van der Waals surface area contributed by atoms with E-state index in [-0.39, 0.29) is 17.7 Å². The van der Waals surface area contributed by atoms with Crippen molar-refractivity contribution in [2.45, 2.75) is 59.0 Å². The number of benzene rings is 1. The predicted octanol–water partition coefficient (Wildman–Crippen LogP) is 4.35. The molecule has 0 saturated heterocycles. The summed E-state index contributed by atoms with van der Waals surface area (Å²) in [6, 6.07) is 9.06. The molecular weight excluding hydrogens is 384 g/mol. The maximum atomic E-state index is 13.5. The molecule has 0 radical (unpaired) electrons. The zero-order valence-corrected chi connectivity index (χ0v) is 18.4. The van der Waals surface area contributed by atoms with Gasteiger partial charge in [0.1, 0.15) is 5.60 Å². The van der Waals surface area contributed by atoms with Crippen molar-refractivity contribution in [3.05, 3.63) is 51.7 Å². The van der Waals surface area contributed by atoms with Crippen molar-refractivity contribution < 1.29 is 14.7 Å². The molecule has 3 rings (SSSR count). The van der Waals surface area contributed by atoms with Gasteiger partial charge >= 0.3 is 0 Å². The number of carbonyl (C=O) groups is 2. The topological polar surface area (TPSA) is 69.6 Å². The Balaban J connectivity index is 1.97. The van der Waals surface area contributed by atoms with Gasteiger partial charge in [-0.25, -0.2) is 5.01 Å². The van der Waals surface area contributed by atoms with E-state index < -0.39 is 11.5 Å². The van der Waals surface area contributed by atoms with Crippen LogP contribution in [0.1, 0.15) is 61.3 Å². The van der Waals surface area contributed by atoms with Crippen molar-refractivity contribution in [1.82, 2.24) is 5.43 Å². The lowest BCUT2D eigenvalue weighted by Gasteiger charge is -2.36. The molecule has 1 aliphatic carbocycles. The monoisotopic (exact) mass is 414 g/mol. The summed E-state index contributed by atoms with van der Waals surface area (Å²) < 4.78 is 0. The molecule has 0 saturated carbocycles. The van der Waals surface area contributed by atoms with Crippen molar-refractivity contribution in [3.8, 4) is 0 Å². The number of amides is 2. The average Bonchev–Trinajstić information content (AvgIpc) is 3.15. The lowest BCUT2D eigenvalue weighted by atomic mass is 9.80. The van der Waals surface area contributed by atoms with Gasteiger partial charge in [0.2, 0.25) is 0 Å². The highest BCUT2D eigenvalue weighted by molar-refractivity contribution is 7.10. The van der Waals surface area contributed by atoms with E-state index in [2.05, 4.69) is 5.43 Å². The number of thiophene rings is 1. The summed E-state index contributed by atoms with van der Waals surface area (Å²) in [7, 11) is 0. The molecule has 2 amide bonds. The molecule has 0 aliphatic heterocycles. The van der Waals surface area contributed by atoms with Crippen LogP contribution in [0.25, 0.3) is 0 Å². The number of fused-ring (bicyclic) bond motifs is 1. The zero-order chi connectivity index (χ0) is 21.2. The van der Waals surface area contributed by atoms with Crippen molar-refractivity contribution in [3.63, 3.8) is 0 Å². The van der Waals surface area contributed by atoms with E-state index in [0.717, 1.165) is 31.2 Å². The summed E-state index contributed by atoms with van der Waals surface area (Å²) in [5.41, 5.74) is 3.46. The molecule has 1 aliphatic rings. The van der Waals surface area contributed by atoms with E-state index in [1.165, 1.54) is 9.89 Å². The van der Waals surface area contributed by atoms with Gasteiger partial charge in [-0.2, -0.15) is 0 Å². The highest BCUT2D eigenvalue weighted by Gasteiger charge is 2.44. The van der Waals surface area contributed by atoms with Crippen molar-refractivity contribution >= 4 is 28.8 Å². The van der Waals surface area contributed by atoms with E-state index in [1.54, 1.807) is 23.5 Å². The van der Waals surface area contributed by atoms with Crippen molar-refractivity contribution in [2.75, 3.05) is 5.01 Å². The quantitative estimate of drug-likeness (QED) is 0.715. The van der Waals surface area contributed by atoms with Crippen LogP contribution in [0.5, 0.6) is 0 Å². The first-order chi connectivity index (χ1) is 13.8. The molecule has 0 bridgehead atoms. The van der Waals surface area contributed by atoms with Crippen LogP contribution in [0.15, 0.2) is 35.7 Å². The SMILES string of the molecule is CC(C)C(O)(C(=O)NN(C(=O)c1csc2c1CCCC2)c1ccccc1)C(C)C. The summed E-state index contributed by atoms with van der Waals surface area (Å²) in [6.45, 7) is 7.24. The molecule has 1 aromatic carbocycles. The minimum Gasteiger partial charge on any atom is -0.379 e. The Morgan fingerprint density at radius 1 is 1.07 bits per heavy atom. The molecular formula is C23H30N2O3S. The van der Waals surface area contributed by atoms with Crippen LogP contribution in [-0.2, 0) is 17.6 Å². The number of rotatable bonds is 5. The number of hydrogen-bond donors (Lipinski definition) is 2. The minimum atomic E-state index is -1.58. The van der Waals surface area contributed by atoms with Gasteiger partial charge in [-0.1, -0.05) is 45.9 Å². The Hall–Kier alpha value is -2.18. The molecule has 0 atom stereocenters. The van der Waals surface area contributed by atoms with Crippen LogP contribution in [0.3, 0.4) is 0 Å². The summed E-state index contributed by atoms with van der Waals surface area (Å²) in [5.74, 6) is -1.43. The Morgan fingerprint density at radius 3 is 2.31 bits per heavy atom. The largest absolute Gasteiger partial charge is 0.379 e. The zero-order valence-electron chi connectivity index (χ0n) is 17.6. The van der Waals surface area contributed by atoms with Gasteiger partial charge in [-0.3, -0.25) is 15.0 Å². The van der Waals surface area contributed by atoms with E-state index >= 15 is 0 Å². The van der Waals surface area contributed by atoms with Gasteiger partial charge in [0.25, 0.3) is 11.8 Å². The van der Waals surface area contributed by atoms with Crippen LogP contribution in [0, 0.1) is 11.8 Å². The third-order valence-corrected chi connectivity index (χ3v) is 6.94. The summed E-state index contributed by atoms with van der Waals surface area (Å²) in [5, 5.41) is 14.3. The normalized spacial score (nSPS) is 14.0. The van der Waals surface area contributed by atoms with E-state index in [9.17, 15) is 14.7 Å². The van der Waals surface area contributed by atoms with Crippen LogP contribution in [0.2, 0.25) is 0 Å². The van der Waals surface area contributed by atoms with Crippen molar-refractivity contribution in [2.24, 2.45) is 11.8 Å². The predicted molar refractivity (Wildman–Crippen MR) is 117 cm³/mol. The van der Waals surface area contributed by atoms with Gasteiger partial charge in [-0.15, -0.1) is 11.3 Å². The highest BCUT2D eigenvalue weighted by atomic mass is 32.1. The Labute approximate surface area is 176 Å².